The minimum atomic E-state index is -0.434. The van der Waals surface area contributed by atoms with E-state index in [1.54, 1.807) is 13.1 Å². The number of aromatic nitrogens is 2. The number of hydrogen-bond donors (Lipinski definition) is 2. The van der Waals surface area contributed by atoms with Crippen molar-refractivity contribution < 1.29 is 4.79 Å². The van der Waals surface area contributed by atoms with Crippen molar-refractivity contribution in [2.75, 3.05) is 6.54 Å². The van der Waals surface area contributed by atoms with E-state index in [4.69, 9.17) is 5.73 Å². The van der Waals surface area contributed by atoms with Crippen molar-refractivity contribution in [1.29, 1.82) is 0 Å². The molecule has 5 nitrogen and oxygen atoms in total. The molecule has 1 fully saturated rings. The van der Waals surface area contributed by atoms with Crippen LogP contribution >= 0.6 is 0 Å². The zero-order valence-electron chi connectivity index (χ0n) is 9.73. The molecule has 1 saturated heterocycles. The Morgan fingerprint density at radius 2 is 2.50 bits per heavy atom. The Balaban J connectivity index is 2.18. The van der Waals surface area contributed by atoms with Crippen LogP contribution < -0.4 is 5.73 Å². The van der Waals surface area contributed by atoms with Crippen LogP contribution in [0.3, 0.4) is 0 Å². The van der Waals surface area contributed by atoms with E-state index < -0.39 is 6.04 Å². The minimum absolute atomic E-state index is 0.0107. The number of nitrogens with two attached hydrogens (primary N) is 1. The van der Waals surface area contributed by atoms with Crippen molar-refractivity contribution in [1.82, 2.24) is 14.9 Å². The summed E-state index contributed by atoms with van der Waals surface area (Å²) in [5, 5.41) is 0. The largest absolute Gasteiger partial charge is 0.344 e. The molecule has 1 aromatic heterocycles. The Labute approximate surface area is 95.0 Å². The van der Waals surface area contributed by atoms with Gasteiger partial charge in [0.1, 0.15) is 5.82 Å². The fraction of sp³-hybridized carbons (Fsp3) is 0.636. The lowest BCUT2D eigenvalue weighted by Gasteiger charge is -2.24. The number of rotatable bonds is 2. The Hall–Kier alpha value is -1.36. The molecule has 1 aliphatic rings. The van der Waals surface area contributed by atoms with Crippen molar-refractivity contribution in [3.63, 3.8) is 0 Å². The van der Waals surface area contributed by atoms with Crippen molar-refractivity contribution >= 4 is 5.91 Å². The number of likely N-dealkylation sites (tertiary alicyclic amines) is 1. The fourth-order valence-corrected chi connectivity index (χ4v) is 2.18. The minimum Gasteiger partial charge on any atom is -0.344 e. The Morgan fingerprint density at radius 1 is 1.75 bits per heavy atom. The van der Waals surface area contributed by atoms with Gasteiger partial charge in [-0.1, -0.05) is 0 Å². The van der Waals surface area contributed by atoms with Gasteiger partial charge in [0.25, 0.3) is 0 Å². The first-order valence-electron chi connectivity index (χ1n) is 5.67. The molecule has 0 spiro atoms. The molecular formula is C11H18N4O. The van der Waals surface area contributed by atoms with Crippen molar-refractivity contribution in [3.8, 4) is 0 Å². The van der Waals surface area contributed by atoms with Gasteiger partial charge in [0.2, 0.25) is 5.91 Å². The summed E-state index contributed by atoms with van der Waals surface area (Å²) in [6.45, 7) is 4.47. The third kappa shape index (κ3) is 1.95. The van der Waals surface area contributed by atoms with Gasteiger partial charge in [0.15, 0.2) is 0 Å². The summed E-state index contributed by atoms with van der Waals surface area (Å²) >= 11 is 0. The number of carbonyl (C=O) groups is 1. The summed E-state index contributed by atoms with van der Waals surface area (Å²) in [5.74, 6) is 0.889. The molecule has 0 unspecified atom stereocenters. The number of aromatic amines is 1. The van der Waals surface area contributed by atoms with E-state index in [1.807, 2.05) is 11.8 Å². The van der Waals surface area contributed by atoms with Crippen LogP contribution in [-0.4, -0.2) is 33.4 Å². The molecule has 0 aromatic carbocycles. The van der Waals surface area contributed by atoms with Gasteiger partial charge in [-0.25, -0.2) is 4.98 Å². The number of carbonyl (C=O) groups excluding carboxylic acids is 1. The van der Waals surface area contributed by atoms with E-state index in [-0.39, 0.29) is 11.9 Å². The predicted molar refractivity (Wildman–Crippen MR) is 60.7 cm³/mol. The smallest absolute Gasteiger partial charge is 0.239 e. The van der Waals surface area contributed by atoms with Gasteiger partial charge in [-0.05, 0) is 26.7 Å². The molecule has 3 N–H and O–H groups in total. The van der Waals surface area contributed by atoms with Crippen LogP contribution in [0.2, 0.25) is 0 Å². The number of nitrogens with one attached hydrogen (secondary N) is 1. The fourth-order valence-electron chi connectivity index (χ4n) is 2.18. The van der Waals surface area contributed by atoms with Crippen LogP contribution in [0.15, 0.2) is 6.20 Å². The lowest BCUT2D eigenvalue weighted by molar-refractivity contribution is -0.133. The summed E-state index contributed by atoms with van der Waals surface area (Å²) < 4.78 is 0. The van der Waals surface area contributed by atoms with E-state index in [9.17, 15) is 4.79 Å². The normalized spacial score (nSPS) is 22.4. The van der Waals surface area contributed by atoms with E-state index >= 15 is 0 Å². The molecular weight excluding hydrogens is 204 g/mol. The first-order valence-corrected chi connectivity index (χ1v) is 5.67. The molecule has 2 atom stereocenters. The summed E-state index contributed by atoms with van der Waals surface area (Å²) in [4.78, 5) is 21.2. The number of imidazole rings is 1. The molecule has 1 aromatic rings. The predicted octanol–water partition coefficient (Wildman–Crippen LogP) is 0.729. The first-order chi connectivity index (χ1) is 7.59. The topological polar surface area (TPSA) is 75.0 Å². The highest BCUT2D eigenvalue weighted by Crippen LogP contribution is 2.30. The monoisotopic (exact) mass is 222 g/mol. The second-order valence-corrected chi connectivity index (χ2v) is 4.43. The quantitative estimate of drug-likeness (QED) is 0.774. The third-order valence-electron chi connectivity index (χ3n) is 2.96. The van der Waals surface area contributed by atoms with Gasteiger partial charge in [-0.3, -0.25) is 4.79 Å². The molecule has 5 heteroatoms. The van der Waals surface area contributed by atoms with Crippen molar-refractivity contribution in [2.24, 2.45) is 5.73 Å². The van der Waals surface area contributed by atoms with Gasteiger partial charge in [-0.2, -0.15) is 0 Å². The summed E-state index contributed by atoms with van der Waals surface area (Å²) in [6.07, 6.45) is 3.77. The highest BCUT2D eigenvalue weighted by Gasteiger charge is 2.32. The second-order valence-electron chi connectivity index (χ2n) is 4.43. The highest BCUT2D eigenvalue weighted by atomic mass is 16.2. The van der Waals surface area contributed by atoms with Crippen LogP contribution in [0.1, 0.15) is 37.3 Å². The lowest BCUT2D eigenvalue weighted by atomic mass is 10.2. The highest BCUT2D eigenvalue weighted by molar-refractivity contribution is 5.81. The zero-order chi connectivity index (χ0) is 11.7. The van der Waals surface area contributed by atoms with Gasteiger partial charge in [-0.15, -0.1) is 0 Å². The number of H-pyrrole nitrogens is 1. The van der Waals surface area contributed by atoms with Crippen LogP contribution in [0.5, 0.6) is 0 Å². The molecule has 0 radical (unpaired) electrons. The molecule has 1 amide bonds. The number of nitrogens with zero attached hydrogens (tertiary/aromatic N) is 2. The molecule has 88 valence electrons. The summed E-state index contributed by atoms with van der Waals surface area (Å²) in [5.41, 5.74) is 6.66. The number of amides is 1. The van der Waals surface area contributed by atoms with Crippen LogP contribution in [-0.2, 0) is 4.79 Å². The number of hydrogen-bond acceptors (Lipinski definition) is 3. The SMILES string of the molecule is Cc1cnc([C@@H]2CCCN2C(=O)[C@H](C)N)[nH]1. The van der Waals surface area contributed by atoms with Gasteiger partial charge in [0, 0.05) is 18.4 Å². The summed E-state index contributed by atoms with van der Waals surface area (Å²) in [6, 6.07) is -0.358. The van der Waals surface area contributed by atoms with Gasteiger partial charge in [0.05, 0.1) is 12.1 Å². The van der Waals surface area contributed by atoms with E-state index in [1.165, 1.54) is 0 Å². The first kappa shape index (κ1) is 11.1. The van der Waals surface area contributed by atoms with Crippen LogP contribution in [0, 0.1) is 6.92 Å². The average molecular weight is 222 g/mol. The molecule has 2 heterocycles. The van der Waals surface area contributed by atoms with E-state index in [0.29, 0.717) is 0 Å². The number of aryl methyl sites for hydroxylation is 1. The average Bonchev–Trinajstić information content (AvgIpc) is 2.83. The molecule has 0 aliphatic carbocycles. The molecule has 1 aliphatic heterocycles. The van der Waals surface area contributed by atoms with Crippen molar-refractivity contribution in [2.45, 2.75) is 38.8 Å². The standard InChI is InChI=1S/C11H18N4O/c1-7-6-13-10(14-7)9-4-3-5-15(9)11(16)8(2)12/h6,8-9H,3-5,12H2,1-2H3,(H,13,14)/t8-,9-/m0/s1. The zero-order valence-corrected chi connectivity index (χ0v) is 9.73. The molecule has 16 heavy (non-hydrogen) atoms. The van der Waals surface area contributed by atoms with Gasteiger partial charge >= 0.3 is 0 Å². The van der Waals surface area contributed by atoms with Crippen molar-refractivity contribution in [3.05, 3.63) is 17.7 Å². The van der Waals surface area contributed by atoms with Gasteiger partial charge < -0.3 is 15.6 Å². The maximum absolute atomic E-state index is 11.9. The maximum atomic E-state index is 11.9. The summed E-state index contributed by atoms with van der Waals surface area (Å²) in [7, 11) is 0. The second kappa shape index (κ2) is 4.25. The van der Waals surface area contributed by atoms with Crippen LogP contribution in [0.4, 0.5) is 0 Å². The van der Waals surface area contributed by atoms with E-state index in [2.05, 4.69) is 9.97 Å². The molecule has 0 bridgehead atoms. The third-order valence-corrected chi connectivity index (χ3v) is 2.96. The Bertz CT molecular complexity index is 385. The molecule has 2 rings (SSSR count). The van der Waals surface area contributed by atoms with E-state index in [0.717, 1.165) is 30.9 Å². The lowest BCUT2D eigenvalue weighted by Crippen LogP contribution is -2.41. The molecule has 0 saturated carbocycles. The Morgan fingerprint density at radius 3 is 3.06 bits per heavy atom. The van der Waals surface area contributed by atoms with Crippen LogP contribution in [0.25, 0.3) is 0 Å². The maximum Gasteiger partial charge on any atom is 0.239 e. The Kier molecular flexibility index (Phi) is 2.96.